The number of carbonyl (C=O) groups is 1. The standard InChI is InChI=1S/C14H27N3O2.2ClH/c1-12-3-8-17(9-4-12)7-2-5-16-14(18)13-11-19-10-6-15-13;;/h12-13,15H,2-11H2,1H3,(H,16,18);2*1H. The molecule has 2 aliphatic rings. The van der Waals surface area contributed by atoms with E-state index >= 15 is 0 Å². The molecule has 1 amide bonds. The van der Waals surface area contributed by atoms with Crippen molar-refractivity contribution in [3.05, 3.63) is 0 Å². The highest BCUT2D eigenvalue weighted by molar-refractivity contribution is 5.85. The molecule has 0 aromatic carbocycles. The minimum absolute atomic E-state index is 0. The first-order valence-electron chi connectivity index (χ1n) is 7.57. The van der Waals surface area contributed by atoms with Gasteiger partial charge in [-0.1, -0.05) is 6.92 Å². The fraction of sp³-hybridized carbons (Fsp3) is 0.929. The molecule has 1 unspecified atom stereocenters. The number of rotatable bonds is 5. The van der Waals surface area contributed by atoms with Gasteiger partial charge >= 0.3 is 0 Å². The van der Waals surface area contributed by atoms with Gasteiger partial charge in [0, 0.05) is 13.1 Å². The molecule has 0 aliphatic carbocycles. The van der Waals surface area contributed by atoms with Gasteiger partial charge in [0.05, 0.1) is 13.2 Å². The van der Waals surface area contributed by atoms with Gasteiger partial charge in [0.15, 0.2) is 0 Å². The summed E-state index contributed by atoms with van der Waals surface area (Å²) in [5.41, 5.74) is 0. The lowest BCUT2D eigenvalue weighted by atomic mass is 9.99. The van der Waals surface area contributed by atoms with E-state index in [1.54, 1.807) is 0 Å². The Hall–Kier alpha value is -0.0700. The van der Waals surface area contributed by atoms with E-state index in [9.17, 15) is 4.79 Å². The summed E-state index contributed by atoms with van der Waals surface area (Å²) in [5, 5.41) is 6.16. The Morgan fingerprint density at radius 3 is 2.67 bits per heavy atom. The first kappa shape index (κ1) is 20.9. The quantitative estimate of drug-likeness (QED) is 0.734. The number of halogens is 2. The molecule has 0 bridgehead atoms. The van der Waals surface area contributed by atoms with E-state index in [0.717, 1.165) is 32.0 Å². The highest BCUT2D eigenvalue weighted by atomic mass is 35.5. The molecule has 2 fully saturated rings. The number of nitrogens with zero attached hydrogens (tertiary/aromatic N) is 1. The molecule has 2 heterocycles. The lowest BCUT2D eigenvalue weighted by Crippen LogP contribution is -2.51. The summed E-state index contributed by atoms with van der Waals surface area (Å²) >= 11 is 0. The fourth-order valence-electron chi connectivity index (χ4n) is 2.66. The monoisotopic (exact) mass is 341 g/mol. The van der Waals surface area contributed by atoms with Crippen molar-refractivity contribution in [3.63, 3.8) is 0 Å². The molecule has 5 nitrogen and oxygen atoms in total. The minimum atomic E-state index is -0.162. The summed E-state index contributed by atoms with van der Waals surface area (Å²) in [7, 11) is 0. The summed E-state index contributed by atoms with van der Waals surface area (Å²) in [4.78, 5) is 14.3. The summed E-state index contributed by atoms with van der Waals surface area (Å²) in [6.07, 6.45) is 3.67. The Kier molecular flexibility index (Phi) is 11.5. The molecule has 0 radical (unpaired) electrons. The number of hydrogen-bond donors (Lipinski definition) is 2. The number of piperidine rings is 1. The molecule has 0 aromatic heterocycles. The zero-order chi connectivity index (χ0) is 13.5. The number of carbonyl (C=O) groups excluding carboxylic acids is 1. The Morgan fingerprint density at radius 1 is 1.33 bits per heavy atom. The number of amides is 1. The summed E-state index contributed by atoms with van der Waals surface area (Å²) in [6.45, 7) is 8.60. The normalized spacial score (nSPS) is 23.8. The number of ether oxygens (including phenoxy) is 1. The molecule has 0 saturated carbocycles. The van der Waals surface area contributed by atoms with Gasteiger partial charge in [-0.2, -0.15) is 0 Å². The first-order valence-corrected chi connectivity index (χ1v) is 7.57. The Morgan fingerprint density at radius 2 is 2.05 bits per heavy atom. The van der Waals surface area contributed by atoms with Gasteiger partial charge in [-0.15, -0.1) is 24.8 Å². The fourth-order valence-corrected chi connectivity index (χ4v) is 2.66. The highest BCUT2D eigenvalue weighted by Gasteiger charge is 2.20. The van der Waals surface area contributed by atoms with Crippen LogP contribution in [0.25, 0.3) is 0 Å². The van der Waals surface area contributed by atoms with E-state index in [1.165, 1.54) is 25.9 Å². The SMILES string of the molecule is CC1CCN(CCCNC(=O)C2COCCN2)CC1.Cl.Cl. The topological polar surface area (TPSA) is 53.6 Å². The zero-order valence-electron chi connectivity index (χ0n) is 12.8. The van der Waals surface area contributed by atoms with Crippen LogP contribution in [0.15, 0.2) is 0 Å². The van der Waals surface area contributed by atoms with Crippen LogP contribution in [0.5, 0.6) is 0 Å². The second-order valence-electron chi connectivity index (χ2n) is 5.75. The molecular formula is C14H29Cl2N3O2. The van der Waals surface area contributed by atoms with Gasteiger partial charge in [-0.3, -0.25) is 4.79 Å². The van der Waals surface area contributed by atoms with E-state index in [4.69, 9.17) is 4.74 Å². The van der Waals surface area contributed by atoms with Crippen LogP contribution >= 0.6 is 24.8 Å². The van der Waals surface area contributed by atoms with Crippen molar-refractivity contribution in [2.24, 2.45) is 5.92 Å². The van der Waals surface area contributed by atoms with Crippen LogP contribution in [0.4, 0.5) is 0 Å². The van der Waals surface area contributed by atoms with Crippen molar-refractivity contribution in [1.82, 2.24) is 15.5 Å². The smallest absolute Gasteiger partial charge is 0.239 e. The predicted molar refractivity (Wildman–Crippen MR) is 89.6 cm³/mol. The largest absolute Gasteiger partial charge is 0.378 e. The van der Waals surface area contributed by atoms with E-state index in [1.807, 2.05) is 0 Å². The predicted octanol–water partition coefficient (Wildman–Crippen LogP) is 1.06. The van der Waals surface area contributed by atoms with Crippen molar-refractivity contribution in [2.45, 2.75) is 32.2 Å². The molecule has 2 saturated heterocycles. The molecule has 2 aliphatic heterocycles. The van der Waals surface area contributed by atoms with Gasteiger partial charge in [0.1, 0.15) is 6.04 Å². The summed E-state index contributed by atoms with van der Waals surface area (Å²) < 4.78 is 5.28. The molecular weight excluding hydrogens is 313 g/mol. The van der Waals surface area contributed by atoms with Gasteiger partial charge in [0.25, 0.3) is 0 Å². The van der Waals surface area contributed by atoms with Crippen LogP contribution in [0, 0.1) is 5.92 Å². The highest BCUT2D eigenvalue weighted by Crippen LogP contribution is 2.15. The minimum Gasteiger partial charge on any atom is -0.378 e. The third-order valence-corrected chi connectivity index (χ3v) is 4.06. The molecule has 2 N–H and O–H groups in total. The zero-order valence-corrected chi connectivity index (χ0v) is 14.4. The van der Waals surface area contributed by atoms with Crippen molar-refractivity contribution in [2.75, 3.05) is 45.9 Å². The second-order valence-corrected chi connectivity index (χ2v) is 5.75. The molecule has 1 atom stereocenters. The van der Waals surface area contributed by atoms with Crippen LogP contribution in [0.3, 0.4) is 0 Å². The number of likely N-dealkylation sites (tertiary alicyclic amines) is 1. The lowest BCUT2D eigenvalue weighted by Gasteiger charge is -2.30. The van der Waals surface area contributed by atoms with Gasteiger partial charge in [-0.25, -0.2) is 0 Å². The summed E-state index contributed by atoms with van der Waals surface area (Å²) in [5.74, 6) is 0.959. The summed E-state index contributed by atoms with van der Waals surface area (Å²) in [6, 6.07) is -0.162. The van der Waals surface area contributed by atoms with Gasteiger partial charge in [-0.05, 0) is 44.8 Å². The second kappa shape index (κ2) is 11.5. The Bertz CT molecular complexity index is 281. The van der Waals surface area contributed by atoms with Crippen molar-refractivity contribution in [1.29, 1.82) is 0 Å². The van der Waals surface area contributed by atoms with Crippen LogP contribution in [-0.4, -0.2) is 62.8 Å². The number of nitrogens with one attached hydrogen (secondary N) is 2. The van der Waals surface area contributed by atoms with Crippen LogP contribution in [-0.2, 0) is 9.53 Å². The van der Waals surface area contributed by atoms with E-state index < -0.39 is 0 Å². The molecule has 0 aromatic rings. The van der Waals surface area contributed by atoms with E-state index in [2.05, 4.69) is 22.5 Å². The maximum atomic E-state index is 11.8. The molecule has 2 rings (SSSR count). The maximum absolute atomic E-state index is 11.8. The van der Waals surface area contributed by atoms with E-state index in [-0.39, 0.29) is 36.8 Å². The van der Waals surface area contributed by atoms with Gasteiger partial charge in [0.2, 0.25) is 5.91 Å². The molecule has 126 valence electrons. The van der Waals surface area contributed by atoms with Crippen LogP contribution in [0.2, 0.25) is 0 Å². The third-order valence-electron chi connectivity index (χ3n) is 4.06. The van der Waals surface area contributed by atoms with Crippen molar-refractivity contribution >= 4 is 30.7 Å². The van der Waals surface area contributed by atoms with Crippen LogP contribution < -0.4 is 10.6 Å². The van der Waals surface area contributed by atoms with Gasteiger partial charge < -0.3 is 20.3 Å². The average Bonchev–Trinajstić information content (AvgIpc) is 2.46. The molecule has 7 heteroatoms. The van der Waals surface area contributed by atoms with Crippen molar-refractivity contribution in [3.8, 4) is 0 Å². The Labute approximate surface area is 140 Å². The third kappa shape index (κ3) is 7.66. The molecule has 21 heavy (non-hydrogen) atoms. The number of hydrogen-bond acceptors (Lipinski definition) is 4. The van der Waals surface area contributed by atoms with E-state index in [0.29, 0.717) is 13.2 Å². The Balaban J connectivity index is 0.00000200. The first-order chi connectivity index (χ1) is 9.25. The molecule has 0 spiro atoms. The number of morpholine rings is 1. The van der Waals surface area contributed by atoms with Crippen LogP contribution in [0.1, 0.15) is 26.2 Å². The lowest BCUT2D eigenvalue weighted by molar-refractivity contribution is -0.125. The maximum Gasteiger partial charge on any atom is 0.239 e. The average molecular weight is 342 g/mol. The van der Waals surface area contributed by atoms with Crippen molar-refractivity contribution < 1.29 is 9.53 Å².